The highest BCUT2D eigenvalue weighted by Crippen LogP contribution is 2.24. The zero-order chi connectivity index (χ0) is 21.0. The highest BCUT2D eigenvalue weighted by atomic mass is 32.2. The number of hydrogen-bond acceptors (Lipinski definition) is 3. The minimum atomic E-state index is -3.44. The number of nitrogens with zero attached hydrogens (tertiary/aromatic N) is 1. The lowest BCUT2D eigenvalue weighted by Crippen LogP contribution is -2.36. The van der Waals surface area contributed by atoms with E-state index in [0.717, 1.165) is 29.5 Å². The van der Waals surface area contributed by atoms with E-state index >= 15 is 0 Å². The first-order valence-corrected chi connectivity index (χ1v) is 12.0. The van der Waals surface area contributed by atoms with Crippen LogP contribution in [0.25, 0.3) is 0 Å². The van der Waals surface area contributed by atoms with Crippen LogP contribution in [0.5, 0.6) is 0 Å². The molecule has 0 unspecified atom stereocenters. The van der Waals surface area contributed by atoms with E-state index in [1.807, 2.05) is 44.2 Å². The predicted molar refractivity (Wildman–Crippen MR) is 118 cm³/mol. The smallest absolute Gasteiger partial charge is 0.251 e. The molecule has 1 saturated carbocycles. The van der Waals surface area contributed by atoms with Crippen molar-refractivity contribution in [2.45, 2.75) is 58.5 Å². The quantitative estimate of drug-likeness (QED) is 0.765. The topological polar surface area (TPSA) is 66.5 Å². The summed E-state index contributed by atoms with van der Waals surface area (Å²) >= 11 is 0. The minimum Gasteiger partial charge on any atom is -0.349 e. The van der Waals surface area contributed by atoms with Crippen molar-refractivity contribution in [3.05, 3.63) is 64.7 Å². The molecule has 1 aliphatic rings. The molecule has 0 aromatic heterocycles. The molecule has 29 heavy (non-hydrogen) atoms. The zero-order valence-electron chi connectivity index (χ0n) is 17.4. The highest BCUT2D eigenvalue weighted by molar-refractivity contribution is 7.92. The fraction of sp³-hybridized carbons (Fsp3) is 0.435. The molecule has 156 valence electrons. The summed E-state index contributed by atoms with van der Waals surface area (Å²) in [5.41, 5.74) is 4.14. The van der Waals surface area contributed by atoms with E-state index in [0.29, 0.717) is 11.3 Å². The summed E-state index contributed by atoms with van der Waals surface area (Å²) in [6.07, 6.45) is 6.90. The van der Waals surface area contributed by atoms with Crippen molar-refractivity contribution in [3.63, 3.8) is 0 Å². The van der Waals surface area contributed by atoms with Gasteiger partial charge in [-0.15, -0.1) is 0 Å². The maximum atomic E-state index is 12.5. The Morgan fingerprint density at radius 2 is 1.59 bits per heavy atom. The zero-order valence-corrected chi connectivity index (χ0v) is 18.3. The van der Waals surface area contributed by atoms with Crippen molar-refractivity contribution in [1.29, 1.82) is 0 Å². The Bertz CT molecular complexity index is 942. The van der Waals surface area contributed by atoms with Gasteiger partial charge in [-0.2, -0.15) is 0 Å². The number of aryl methyl sites for hydroxylation is 2. The summed E-state index contributed by atoms with van der Waals surface area (Å²) in [5, 5.41) is 3.11. The monoisotopic (exact) mass is 414 g/mol. The SMILES string of the molecule is Cc1cc(C)cc(N(Cc2ccc(C(=O)NC3CCCCC3)cc2)S(C)(=O)=O)c1. The molecule has 0 saturated heterocycles. The lowest BCUT2D eigenvalue weighted by atomic mass is 9.95. The molecule has 1 fully saturated rings. The average Bonchev–Trinajstić information content (AvgIpc) is 2.65. The summed E-state index contributed by atoms with van der Waals surface area (Å²) in [5.74, 6) is -0.0577. The third-order valence-corrected chi connectivity index (χ3v) is 6.52. The minimum absolute atomic E-state index is 0.0577. The second-order valence-corrected chi connectivity index (χ2v) is 10.0. The first-order valence-electron chi connectivity index (χ1n) is 10.2. The van der Waals surface area contributed by atoms with Gasteiger partial charge in [0.15, 0.2) is 0 Å². The lowest BCUT2D eigenvalue weighted by Gasteiger charge is -2.24. The van der Waals surface area contributed by atoms with Gasteiger partial charge < -0.3 is 5.32 Å². The van der Waals surface area contributed by atoms with Crippen LogP contribution in [-0.4, -0.2) is 26.6 Å². The van der Waals surface area contributed by atoms with Crippen molar-refractivity contribution in [3.8, 4) is 0 Å². The number of nitrogens with one attached hydrogen (secondary N) is 1. The molecule has 2 aromatic carbocycles. The van der Waals surface area contributed by atoms with Crippen LogP contribution >= 0.6 is 0 Å². The molecule has 5 nitrogen and oxygen atoms in total. The summed E-state index contributed by atoms with van der Waals surface area (Å²) in [4.78, 5) is 12.5. The van der Waals surface area contributed by atoms with Crippen LogP contribution < -0.4 is 9.62 Å². The molecule has 0 radical (unpaired) electrons. The van der Waals surface area contributed by atoms with Gasteiger partial charge in [0, 0.05) is 11.6 Å². The predicted octanol–water partition coefficient (Wildman–Crippen LogP) is 4.33. The molecule has 0 atom stereocenters. The lowest BCUT2D eigenvalue weighted by molar-refractivity contribution is 0.0927. The first kappa shape index (κ1) is 21.4. The summed E-state index contributed by atoms with van der Waals surface area (Å²) in [7, 11) is -3.44. The number of benzene rings is 2. The van der Waals surface area contributed by atoms with Crippen LogP contribution in [-0.2, 0) is 16.6 Å². The molecule has 0 bridgehead atoms. The molecule has 6 heteroatoms. The number of rotatable bonds is 6. The van der Waals surface area contributed by atoms with Gasteiger partial charge in [0.25, 0.3) is 5.91 Å². The Morgan fingerprint density at radius 1 is 1.00 bits per heavy atom. The van der Waals surface area contributed by atoms with E-state index < -0.39 is 10.0 Å². The van der Waals surface area contributed by atoms with Crippen LogP contribution in [0, 0.1) is 13.8 Å². The second-order valence-electron chi connectivity index (χ2n) is 8.12. The van der Waals surface area contributed by atoms with E-state index in [9.17, 15) is 13.2 Å². The van der Waals surface area contributed by atoms with Crippen molar-refractivity contribution in [2.24, 2.45) is 0 Å². The Balaban J connectivity index is 1.74. The van der Waals surface area contributed by atoms with E-state index in [2.05, 4.69) is 5.32 Å². The summed E-state index contributed by atoms with van der Waals surface area (Å²) in [6.45, 7) is 4.14. The van der Waals surface area contributed by atoms with Crippen LogP contribution in [0.1, 0.15) is 59.2 Å². The van der Waals surface area contributed by atoms with Crippen LogP contribution in [0.15, 0.2) is 42.5 Å². The second kappa shape index (κ2) is 8.99. The van der Waals surface area contributed by atoms with E-state index in [-0.39, 0.29) is 18.5 Å². The maximum absolute atomic E-state index is 12.5. The molecule has 1 aliphatic carbocycles. The third kappa shape index (κ3) is 5.82. The fourth-order valence-electron chi connectivity index (χ4n) is 3.94. The summed E-state index contributed by atoms with van der Waals surface area (Å²) < 4.78 is 26.2. The molecule has 1 amide bonds. The maximum Gasteiger partial charge on any atom is 0.251 e. The van der Waals surface area contributed by atoms with Gasteiger partial charge >= 0.3 is 0 Å². The number of sulfonamides is 1. The van der Waals surface area contributed by atoms with E-state index in [4.69, 9.17) is 0 Å². The molecule has 2 aromatic rings. The van der Waals surface area contributed by atoms with Gasteiger partial charge in [-0.3, -0.25) is 9.10 Å². The third-order valence-electron chi connectivity index (χ3n) is 5.38. The van der Waals surface area contributed by atoms with Gasteiger partial charge in [0.1, 0.15) is 0 Å². The number of amides is 1. The molecule has 1 N–H and O–H groups in total. The molecular formula is C23H30N2O3S. The molecule has 0 heterocycles. The Hall–Kier alpha value is -2.34. The number of carbonyl (C=O) groups excluding carboxylic acids is 1. The largest absolute Gasteiger partial charge is 0.349 e. The van der Waals surface area contributed by atoms with Gasteiger partial charge in [0.05, 0.1) is 18.5 Å². The normalized spacial score (nSPS) is 15.1. The van der Waals surface area contributed by atoms with Crippen molar-refractivity contribution in [1.82, 2.24) is 5.32 Å². The first-order chi connectivity index (χ1) is 13.7. The van der Waals surface area contributed by atoms with Crippen LogP contribution in [0.2, 0.25) is 0 Å². The number of carbonyl (C=O) groups is 1. The average molecular weight is 415 g/mol. The van der Waals surface area contributed by atoms with Crippen LogP contribution in [0.4, 0.5) is 5.69 Å². The van der Waals surface area contributed by atoms with Crippen molar-refractivity contribution < 1.29 is 13.2 Å². The molecule has 0 spiro atoms. The Kier molecular flexibility index (Phi) is 6.63. The van der Waals surface area contributed by atoms with Crippen LogP contribution in [0.3, 0.4) is 0 Å². The highest BCUT2D eigenvalue weighted by Gasteiger charge is 2.20. The molecule has 0 aliphatic heterocycles. The Labute approximate surface area is 174 Å². The standard InChI is InChI=1S/C23H30N2O3S/c1-17-13-18(2)15-22(14-17)25(29(3,27)28)16-19-9-11-20(12-10-19)23(26)24-21-7-5-4-6-8-21/h9-15,21H,4-8,16H2,1-3H3,(H,24,26). The van der Waals surface area contributed by atoms with Gasteiger partial charge in [-0.25, -0.2) is 8.42 Å². The van der Waals surface area contributed by atoms with E-state index in [1.165, 1.54) is 29.8 Å². The van der Waals surface area contributed by atoms with Gasteiger partial charge in [-0.05, 0) is 67.6 Å². The summed E-state index contributed by atoms with van der Waals surface area (Å²) in [6, 6.07) is 13.2. The van der Waals surface area contributed by atoms with E-state index in [1.54, 1.807) is 12.1 Å². The van der Waals surface area contributed by atoms with Crippen molar-refractivity contribution >= 4 is 21.6 Å². The van der Waals surface area contributed by atoms with Crippen molar-refractivity contribution in [2.75, 3.05) is 10.6 Å². The molecular weight excluding hydrogens is 384 g/mol. The molecule has 3 rings (SSSR count). The van der Waals surface area contributed by atoms with Gasteiger partial charge in [0.2, 0.25) is 10.0 Å². The van der Waals surface area contributed by atoms with Gasteiger partial charge in [-0.1, -0.05) is 37.5 Å². The Morgan fingerprint density at radius 3 is 2.14 bits per heavy atom. The number of anilines is 1. The fourth-order valence-corrected chi connectivity index (χ4v) is 4.81. The number of hydrogen-bond donors (Lipinski definition) is 1.